The van der Waals surface area contributed by atoms with Crippen molar-refractivity contribution in [3.05, 3.63) is 0 Å². The molecule has 0 aliphatic carbocycles. The van der Waals surface area contributed by atoms with Crippen molar-refractivity contribution in [2.24, 2.45) is 5.73 Å². The van der Waals surface area contributed by atoms with Crippen LogP contribution in [0.4, 0.5) is 4.79 Å². The molecule has 21 heavy (non-hydrogen) atoms. The van der Waals surface area contributed by atoms with E-state index in [1.807, 2.05) is 25.7 Å². The normalized spacial score (nSPS) is 27.7. The highest BCUT2D eigenvalue weighted by atomic mass is 16.6. The molecule has 2 saturated heterocycles. The lowest BCUT2D eigenvalue weighted by Gasteiger charge is -2.28. The molecule has 2 aliphatic heterocycles. The minimum atomic E-state index is -0.472. The van der Waals surface area contributed by atoms with Gasteiger partial charge in [-0.15, -0.1) is 0 Å². The van der Waals surface area contributed by atoms with Crippen LogP contribution in [0.5, 0.6) is 0 Å². The average molecular weight is 297 g/mol. The fourth-order valence-corrected chi connectivity index (χ4v) is 3.01. The maximum absolute atomic E-state index is 12.1. The first-order valence-corrected chi connectivity index (χ1v) is 7.79. The second-order valence-corrected chi connectivity index (χ2v) is 7.06. The molecule has 2 rings (SSSR count). The Morgan fingerprint density at radius 2 is 2.00 bits per heavy atom. The Balaban J connectivity index is 1.90. The molecular weight excluding hydrogens is 270 g/mol. The Morgan fingerprint density at radius 1 is 1.29 bits per heavy atom. The molecule has 6 nitrogen and oxygen atoms in total. The fraction of sp³-hybridized carbons (Fsp3) is 0.867. The van der Waals surface area contributed by atoms with Crippen LogP contribution in [0.2, 0.25) is 0 Å². The monoisotopic (exact) mass is 297 g/mol. The number of amides is 2. The fourth-order valence-electron chi connectivity index (χ4n) is 3.01. The van der Waals surface area contributed by atoms with Gasteiger partial charge in [-0.1, -0.05) is 0 Å². The van der Waals surface area contributed by atoms with E-state index < -0.39 is 5.60 Å². The number of hydrogen-bond donors (Lipinski definition) is 1. The number of nitrogens with zero attached hydrogens (tertiary/aromatic N) is 2. The number of likely N-dealkylation sites (tertiary alicyclic amines) is 2. The summed E-state index contributed by atoms with van der Waals surface area (Å²) in [6.45, 7) is 7.59. The van der Waals surface area contributed by atoms with Gasteiger partial charge in [0.1, 0.15) is 5.60 Å². The lowest BCUT2D eigenvalue weighted by Crippen LogP contribution is -2.40. The van der Waals surface area contributed by atoms with Gasteiger partial charge in [0, 0.05) is 38.1 Å². The number of hydrogen-bond acceptors (Lipinski definition) is 4. The maximum atomic E-state index is 12.1. The summed E-state index contributed by atoms with van der Waals surface area (Å²) in [6.07, 6.45) is 2.82. The zero-order valence-corrected chi connectivity index (χ0v) is 13.3. The number of ether oxygens (including phenoxy) is 1. The third-order valence-electron chi connectivity index (χ3n) is 3.98. The van der Waals surface area contributed by atoms with Gasteiger partial charge in [-0.3, -0.25) is 4.79 Å². The summed E-state index contributed by atoms with van der Waals surface area (Å²) < 4.78 is 5.42. The van der Waals surface area contributed by atoms with E-state index in [-0.39, 0.29) is 24.1 Å². The summed E-state index contributed by atoms with van der Waals surface area (Å²) in [4.78, 5) is 27.7. The summed E-state index contributed by atoms with van der Waals surface area (Å²) in [7, 11) is 0. The van der Waals surface area contributed by atoms with Crippen molar-refractivity contribution in [2.75, 3.05) is 19.6 Å². The standard InChI is InChI=1S/C15H27N3O3/c1-15(2,3)21-14(20)17-7-4-5-12(6-8-17)18-10-11(16)9-13(18)19/h11-12H,4-10,16H2,1-3H3. The van der Waals surface area contributed by atoms with Crippen LogP contribution in [0.1, 0.15) is 46.5 Å². The van der Waals surface area contributed by atoms with E-state index in [0.29, 0.717) is 26.1 Å². The van der Waals surface area contributed by atoms with Crippen LogP contribution >= 0.6 is 0 Å². The molecule has 0 aromatic carbocycles. The van der Waals surface area contributed by atoms with Crippen LogP contribution in [0, 0.1) is 0 Å². The highest BCUT2D eigenvalue weighted by Crippen LogP contribution is 2.23. The minimum Gasteiger partial charge on any atom is -0.444 e. The molecule has 2 heterocycles. The molecule has 0 bridgehead atoms. The molecule has 0 saturated carbocycles. The lowest BCUT2D eigenvalue weighted by molar-refractivity contribution is -0.129. The first kappa shape index (κ1) is 16.1. The molecule has 2 amide bonds. The van der Waals surface area contributed by atoms with Crippen LogP contribution in [0.15, 0.2) is 0 Å². The first-order chi connectivity index (χ1) is 9.76. The quantitative estimate of drug-likeness (QED) is 0.792. The van der Waals surface area contributed by atoms with E-state index in [4.69, 9.17) is 10.5 Å². The summed E-state index contributed by atoms with van der Waals surface area (Å²) in [5, 5.41) is 0. The number of rotatable bonds is 1. The summed E-state index contributed by atoms with van der Waals surface area (Å²) in [6, 6.07) is 0.168. The molecule has 0 spiro atoms. The number of carbonyl (C=O) groups is 2. The molecular formula is C15H27N3O3. The van der Waals surface area contributed by atoms with Crippen LogP contribution < -0.4 is 5.73 Å². The molecule has 2 unspecified atom stereocenters. The van der Waals surface area contributed by atoms with E-state index in [0.717, 1.165) is 19.3 Å². The van der Waals surface area contributed by atoms with E-state index >= 15 is 0 Å². The zero-order chi connectivity index (χ0) is 15.6. The molecule has 0 aromatic rings. The van der Waals surface area contributed by atoms with Crippen molar-refractivity contribution < 1.29 is 14.3 Å². The first-order valence-electron chi connectivity index (χ1n) is 7.79. The lowest BCUT2D eigenvalue weighted by atomic mass is 10.1. The van der Waals surface area contributed by atoms with Crippen LogP contribution in [-0.4, -0.2) is 59.1 Å². The van der Waals surface area contributed by atoms with Gasteiger partial charge in [-0.05, 0) is 40.0 Å². The van der Waals surface area contributed by atoms with Gasteiger partial charge >= 0.3 is 6.09 Å². The highest BCUT2D eigenvalue weighted by molar-refractivity contribution is 5.79. The van der Waals surface area contributed by atoms with Crippen molar-refractivity contribution in [1.29, 1.82) is 0 Å². The Hall–Kier alpha value is -1.30. The molecule has 0 aromatic heterocycles. The SMILES string of the molecule is CC(C)(C)OC(=O)N1CCCC(N2CC(N)CC2=O)CC1. The molecule has 0 radical (unpaired) electrons. The Labute approximate surface area is 126 Å². The van der Waals surface area contributed by atoms with Gasteiger partial charge < -0.3 is 20.3 Å². The largest absolute Gasteiger partial charge is 0.444 e. The van der Waals surface area contributed by atoms with Crippen molar-refractivity contribution in [2.45, 2.75) is 64.1 Å². The molecule has 2 N–H and O–H groups in total. The summed E-state index contributed by atoms with van der Waals surface area (Å²) in [5.74, 6) is 0.151. The Bertz CT molecular complexity index is 405. The van der Waals surface area contributed by atoms with Crippen molar-refractivity contribution >= 4 is 12.0 Å². The van der Waals surface area contributed by atoms with Gasteiger partial charge in [-0.25, -0.2) is 4.79 Å². The number of nitrogens with two attached hydrogens (primary N) is 1. The molecule has 2 atom stereocenters. The predicted octanol–water partition coefficient (Wildman–Crippen LogP) is 1.34. The van der Waals surface area contributed by atoms with Gasteiger partial charge in [0.2, 0.25) is 5.91 Å². The van der Waals surface area contributed by atoms with Crippen molar-refractivity contribution in [1.82, 2.24) is 9.80 Å². The predicted molar refractivity (Wildman–Crippen MR) is 79.8 cm³/mol. The summed E-state index contributed by atoms with van der Waals surface area (Å²) >= 11 is 0. The van der Waals surface area contributed by atoms with Crippen LogP contribution in [0.3, 0.4) is 0 Å². The highest BCUT2D eigenvalue weighted by Gasteiger charge is 2.34. The third kappa shape index (κ3) is 4.33. The maximum Gasteiger partial charge on any atom is 0.410 e. The number of carbonyl (C=O) groups excluding carboxylic acids is 2. The van der Waals surface area contributed by atoms with Gasteiger partial charge in [0.05, 0.1) is 0 Å². The van der Waals surface area contributed by atoms with E-state index in [9.17, 15) is 9.59 Å². The van der Waals surface area contributed by atoms with Crippen LogP contribution in [-0.2, 0) is 9.53 Å². The average Bonchev–Trinajstić information content (AvgIpc) is 2.58. The van der Waals surface area contributed by atoms with Gasteiger partial charge in [0.25, 0.3) is 0 Å². The third-order valence-corrected chi connectivity index (χ3v) is 3.98. The van der Waals surface area contributed by atoms with E-state index in [1.165, 1.54) is 0 Å². The zero-order valence-electron chi connectivity index (χ0n) is 13.3. The van der Waals surface area contributed by atoms with Crippen LogP contribution in [0.25, 0.3) is 0 Å². The van der Waals surface area contributed by atoms with Gasteiger partial charge in [-0.2, -0.15) is 0 Å². The second kappa shape index (κ2) is 6.22. The van der Waals surface area contributed by atoms with E-state index in [2.05, 4.69) is 0 Å². The molecule has 2 aliphatic rings. The molecule has 120 valence electrons. The summed E-state index contributed by atoms with van der Waals surface area (Å²) in [5.41, 5.74) is 5.39. The topological polar surface area (TPSA) is 75.9 Å². The Morgan fingerprint density at radius 3 is 2.57 bits per heavy atom. The molecule has 6 heteroatoms. The van der Waals surface area contributed by atoms with Gasteiger partial charge in [0.15, 0.2) is 0 Å². The van der Waals surface area contributed by atoms with E-state index in [1.54, 1.807) is 4.90 Å². The molecule has 2 fully saturated rings. The second-order valence-electron chi connectivity index (χ2n) is 7.06. The Kier molecular flexibility index (Phi) is 4.76. The smallest absolute Gasteiger partial charge is 0.410 e. The van der Waals surface area contributed by atoms with Crippen molar-refractivity contribution in [3.8, 4) is 0 Å². The van der Waals surface area contributed by atoms with Crippen molar-refractivity contribution in [3.63, 3.8) is 0 Å². The minimum absolute atomic E-state index is 0.0392.